The van der Waals surface area contributed by atoms with Crippen molar-refractivity contribution < 1.29 is 31.5 Å². The van der Waals surface area contributed by atoms with Gasteiger partial charge in [0, 0.05) is 18.7 Å². The van der Waals surface area contributed by atoms with Gasteiger partial charge < -0.3 is 10.1 Å². The molecule has 2 atom stereocenters. The molecule has 0 fully saturated rings. The number of hydrogen-bond donors (Lipinski definition) is 1. The predicted molar refractivity (Wildman–Crippen MR) is 141 cm³/mol. The minimum absolute atomic E-state index is 0.0472. The van der Waals surface area contributed by atoms with Crippen LogP contribution >= 0.6 is 0 Å². The SMILES string of the molecule is O=C(NCc1ccccc1)C1CC(c2c(F)cccc2F)=NC1c1ccc(-c2ccc(OC(F)(F)F)cc2)cc1. The first-order valence-electron chi connectivity index (χ1n) is 12.5. The number of hydrogen-bond acceptors (Lipinski definition) is 3. The lowest BCUT2D eigenvalue weighted by molar-refractivity contribution is -0.274. The molecule has 1 heterocycles. The molecule has 4 aromatic rings. The van der Waals surface area contributed by atoms with E-state index in [0.29, 0.717) is 17.7 Å². The number of ether oxygens (including phenoxy) is 1. The molecule has 0 spiro atoms. The van der Waals surface area contributed by atoms with E-state index in [4.69, 9.17) is 0 Å². The third-order valence-corrected chi connectivity index (χ3v) is 6.66. The molecule has 5 rings (SSSR count). The molecule has 9 heteroatoms. The second-order valence-corrected chi connectivity index (χ2v) is 9.33. The van der Waals surface area contributed by atoms with Gasteiger partial charge in [0.15, 0.2) is 0 Å². The summed E-state index contributed by atoms with van der Waals surface area (Å²) < 4.78 is 70.5. The number of rotatable bonds is 7. The number of alkyl halides is 3. The Bertz CT molecular complexity index is 1500. The molecular formula is C31H23F5N2O2. The van der Waals surface area contributed by atoms with Crippen LogP contribution in [0.5, 0.6) is 5.75 Å². The minimum atomic E-state index is -4.78. The summed E-state index contributed by atoms with van der Waals surface area (Å²) in [5, 5.41) is 2.91. The predicted octanol–water partition coefficient (Wildman–Crippen LogP) is 7.40. The summed E-state index contributed by atoms with van der Waals surface area (Å²) in [5.74, 6) is -2.84. The summed E-state index contributed by atoms with van der Waals surface area (Å²) in [4.78, 5) is 17.9. The minimum Gasteiger partial charge on any atom is -0.406 e. The first-order chi connectivity index (χ1) is 19.2. The van der Waals surface area contributed by atoms with E-state index in [-0.39, 0.29) is 29.4 Å². The van der Waals surface area contributed by atoms with Crippen molar-refractivity contribution in [3.63, 3.8) is 0 Å². The maximum atomic E-state index is 14.6. The Morgan fingerprint density at radius 3 is 2.02 bits per heavy atom. The highest BCUT2D eigenvalue weighted by Crippen LogP contribution is 2.38. The third kappa shape index (κ3) is 6.20. The largest absolute Gasteiger partial charge is 0.573 e. The summed E-state index contributed by atoms with van der Waals surface area (Å²) in [5.41, 5.74) is 2.86. The van der Waals surface area contributed by atoms with Crippen LogP contribution in [0.2, 0.25) is 0 Å². The van der Waals surface area contributed by atoms with Crippen molar-refractivity contribution in [3.05, 3.63) is 125 Å². The van der Waals surface area contributed by atoms with Gasteiger partial charge in [0.2, 0.25) is 5.91 Å². The molecule has 40 heavy (non-hydrogen) atoms. The fourth-order valence-corrected chi connectivity index (χ4v) is 4.75. The molecule has 0 saturated carbocycles. The second kappa shape index (κ2) is 11.3. The van der Waals surface area contributed by atoms with E-state index in [9.17, 15) is 26.7 Å². The Morgan fingerprint density at radius 1 is 0.825 bits per heavy atom. The van der Waals surface area contributed by atoms with Crippen LogP contribution in [0.4, 0.5) is 22.0 Å². The van der Waals surface area contributed by atoms with E-state index in [1.54, 1.807) is 24.3 Å². The molecule has 4 nitrogen and oxygen atoms in total. The average Bonchev–Trinajstić information content (AvgIpc) is 3.37. The smallest absolute Gasteiger partial charge is 0.406 e. The first-order valence-corrected chi connectivity index (χ1v) is 12.5. The maximum absolute atomic E-state index is 14.6. The van der Waals surface area contributed by atoms with E-state index in [0.717, 1.165) is 23.3 Å². The van der Waals surface area contributed by atoms with Gasteiger partial charge in [-0.3, -0.25) is 9.79 Å². The van der Waals surface area contributed by atoms with Crippen molar-refractivity contribution in [3.8, 4) is 16.9 Å². The fraction of sp³-hybridized carbons (Fsp3) is 0.161. The normalized spacial score (nSPS) is 16.9. The van der Waals surface area contributed by atoms with E-state index in [1.807, 2.05) is 30.3 Å². The number of carbonyl (C=O) groups excluding carboxylic acids is 1. The number of carbonyl (C=O) groups is 1. The van der Waals surface area contributed by atoms with Crippen LogP contribution in [-0.4, -0.2) is 18.0 Å². The highest BCUT2D eigenvalue weighted by atomic mass is 19.4. The van der Waals surface area contributed by atoms with Gasteiger partial charge >= 0.3 is 6.36 Å². The number of nitrogens with one attached hydrogen (secondary N) is 1. The summed E-state index contributed by atoms with van der Waals surface area (Å²) in [7, 11) is 0. The van der Waals surface area contributed by atoms with Gasteiger partial charge in [0.25, 0.3) is 0 Å². The molecule has 1 aliphatic rings. The van der Waals surface area contributed by atoms with Crippen molar-refractivity contribution in [2.45, 2.75) is 25.4 Å². The molecule has 1 amide bonds. The molecule has 2 unspecified atom stereocenters. The Labute approximate surface area is 227 Å². The Kier molecular flexibility index (Phi) is 7.64. The average molecular weight is 551 g/mol. The van der Waals surface area contributed by atoms with Crippen LogP contribution in [-0.2, 0) is 11.3 Å². The highest BCUT2D eigenvalue weighted by molar-refractivity contribution is 6.05. The van der Waals surface area contributed by atoms with Crippen LogP contribution in [0.1, 0.15) is 29.2 Å². The lowest BCUT2D eigenvalue weighted by atomic mass is 9.89. The fourth-order valence-electron chi connectivity index (χ4n) is 4.75. The first kappa shape index (κ1) is 27.1. The van der Waals surface area contributed by atoms with Gasteiger partial charge in [-0.05, 0) is 46.5 Å². The van der Waals surface area contributed by atoms with Crippen LogP contribution in [0, 0.1) is 17.6 Å². The molecule has 4 aromatic carbocycles. The number of benzene rings is 4. The maximum Gasteiger partial charge on any atom is 0.573 e. The number of aliphatic imine (C=N–C) groups is 1. The van der Waals surface area contributed by atoms with Crippen molar-refractivity contribution >= 4 is 11.6 Å². The molecule has 0 aliphatic carbocycles. The zero-order valence-corrected chi connectivity index (χ0v) is 21.0. The van der Waals surface area contributed by atoms with Gasteiger partial charge in [-0.25, -0.2) is 8.78 Å². The summed E-state index contributed by atoms with van der Waals surface area (Å²) in [6, 6.07) is 24.7. The zero-order valence-electron chi connectivity index (χ0n) is 21.0. The van der Waals surface area contributed by atoms with Gasteiger partial charge in [0.05, 0.1) is 17.5 Å². The Morgan fingerprint density at radius 2 is 1.43 bits per heavy atom. The molecular weight excluding hydrogens is 527 g/mol. The molecule has 0 bridgehead atoms. The van der Waals surface area contributed by atoms with Crippen LogP contribution in [0.15, 0.2) is 102 Å². The zero-order chi connectivity index (χ0) is 28.3. The Hall–Kier alpha value is -4.53. The topological polar surface area (TPSA) is 50.7 Å². The summed E-state index contributed by atoms with van der Waals surface area (Å²) >= 11 is 0. The van der Waals surface area contributed by atoms with Crippen LogP contribution < -0.4 is 10.1 Å². The highest BCUT2D eigenvalue weighted by Gasteiger charge is 2.37. The lowest BCUT2D eigenvalue weighted by Crippen LogP contribution is -2.32. The second-order valence-electron chi connectivity index (χ2n) is 9.33. The summed E-state index contributed by atoms with van der Waals surface area (Å²) in [6.45, 7) is 0.291. The molecule has 0 radical (unpaired) electrons. The third-order valence-electron chi connectivity index (χ3n) is 6.66. The lowest BCUT2D eigenvalue weighted by Gasteiger charge is -2.18. The monoisotopic (exact) mass is 550 g/mol. The molecule has 1 aliphatic heterocycles. The molecule has 0 aromatic heterocycles. The number of amides is 1. The van der Waals surface area contributed by atoms with Crippen LogP contribution in [0.3, 0.4) is 0 Å². The van der Waals surface area contributed by atoms with Crippen molar-refractivity contribution in [1.29, 1.82) is 0 Å². The van der Waals surface area contributed by atoms with Gasteiger partial charge in [-0.1, -0.05) is 72.8 Å². The quantitative estimate of drug-likeness (QED) is 0.244. The van der Waals surface area contributed by atoms with E-state index < -0.39 is 30.0 Å². The van der Waals surface area contributed by atoms with E-state index in [2.05, 4.69) is 15.0 Å². The number of nitrogens with zero attached hydrogens (tertiary/aromatic N) is 1. The summed E-state index contributed by atoms with van der Waals surface area (Å²) in [6.07, 6.45) is -4.73. The van der Waals surface area contributed by atoms with Crippen molar-refractivity contribution in [2.24, 2.45) is 10.9 Å². The Balaban J connectivity index is 1.40. The standard InChI is InChI=1S/C31H23F5N2O2/c32-25-7-4-8-26(33)28(25)27-17-24(30(39)37-18-19-5-2-1-3-6-19)29(38-27)22-11-9-20(10-12-22)21-13-15-23(16-14-21)40-31(34,35)36/h1-16,24,29H,17-18H2,(H,37,39). The van der Waals surface area contributed by atoms with Gasteiger partial charge in [-0.2, -0.15) is 0 Å². The van der Waals surface area contributed by atoms with Crippen molar-refractivity contribution in [2.75, 3.05) is 0 Å². The molecule has 1 N–H and O–H groups in total. The molecule has 0 saturated heterocycles. The van der Waals surface area contributed by atoms with Crippen molar-refractivity contribution in [1.82, 2.24) is 5.32 Å². The van der Waals surface area contributed by atoms with E-state index >= 15 is 0 Å². The van der Waals surface area contributed by atoms with Crippen LogP contribution in [0.25, 0.3) is 11.1 Å². The van der Waals surface area contributed by atoms with Gasteiger partial charge in [-0.15, -0.1) is 13.2 Å². The number of halogens is 5. The van der Waals surface area contributed by atoms with Gasteiger partial charge in [0.1, 0.15) is 17.4 Å². The molecule has 204 valence electrons. The van der Waals surface area contributed by atoms with E-state index in [1.165, 1.54) is 30.3 Å².